The van der Waals surface area contributed by atoms with Gasteiger partial charge in [0, 0.05) is 45.2 Å². The Hall–Kier alpha value is -2.14. The Morgan fingerprint density at radius 2 is 2.08 bits per heavy atom. The minimum atomic E-state index is -0.505. The maximum absolute atomic E-state index is 11.6. The van der Waals surface area contributed by atoms with Gasteiger partial charge in [-0.2, -0.15) is 5.26 Å². The van der Waals surface area contributed by atoms with Crippen LogP contribution in [-0.2, 0) is 14.2 Å². The Morgan fingerprint density at radius 3 is 2.76 bits per heavy atom. The fourth-order valence-electron chi connectivity index (χ4n) is 2.54. The summed E-state index contributed by atoms with van der Waals surface area (Å²) in [7, 11) is 1.30. The molecular formula is C18H24N2O5. The zero-order valence-electron chi connectivity index (χ0n) is 14.4. The Bertz CT molecular complexity index is 608. The van der Waals surface area contributed by atoms with E-state index in [0.29, 0.717) is 31.8 Å². The van der Waals surface area contributed by atoms with Crippen LogP contribution in [0, 0.1) is 11.3 Å². The van der Waals surface area contributed by atoms with Crippen LogP contribution in [0.15, 0.2) is 18.2 Å². The van der Waals surface area contributed by atoms with Gasteiger partial charge in [-0.1, -0.05) is 0 Å². The molecule has 0 saturated carbocycles. The molecule has 0 amide bonds. The lowest BCUT2D eigenvalue weighted by atomic mass is 10.0. The molecule has 136 valence electrons. The van der Waals surface area contributed by atoms with E-state index in [0.717, 1.165) is 25.2 Å². The second-order valence-corrected chi connectivity index (χ2v) is 5.77. The molecule has 7 nitrogen and oxygen atoms in total. The average Bonchev–Trinajstić information content (AvgIpc) is 2.61. The van der Waals surface area contributed by atoms with Gasteiger partial charge < -0.3 is 24.2 Å². The lowest BCUT2D eigenvalue weighted by molar-refractivity contribution is 0.0175. The largest absolute Gasteiger partial charge is 0.465 e. The van der Waals surface area contributed by atoms with Crippen molar-refractivity contribution < 1.29 is 24.1 Å². The van der Waals surface area contributed by atoms with E-state index in [1.54, 1.807) is 12.1 Å². The van der Waals surface area contributed by atoms with E-state index in [4.69, 9.17) is 14.6 Å². The summed E-state index contributed by atoms with van der Waals surface area (Å²) in [4.78, 5) is 13.7. The van der Waals surface area contributed by atoms with Crippen LogP contribution < -0.4 is 4.90 Å². The van der Waals surface area contributed by atoms with Gasteiger partial charge in [-0.15, -0.1) is 0 Å². The molecule has 1 saturated heterocycles. The van der Waals surface area contributed by atoms with Crippen LogP contribution in [0.3, 0.4) is 0 Å². The molecule has 1 aromatic rings. The van der Waals surface area contributed by atoms with E-state index in [2.05, 4.69) is 9.64 Å². The zero-order chi connectivity index (χ0) is 18.1. The summed E-state index contributed by atoms with van der Waals surface area (Å²) in [5.41, 5.74) is 1.49. The quantitative estimate of drug-likeness (QED) is 0.504. The minimum absolute atomic E-state index is 0.155. The molecule has 1 N–H and O–H groups in total. The van der Waals surface area contributed by atoms with Crippen LogP contribution in [0.25, 0.3) is 0 Å². The number of aliphatic hydroxyl groups is 1. The molecule has 1 heterocycles. The topological polar surface area (TPSA) is 92.0 Å². The van der Waals surface area contributed by atoms with Crippen molar-refractivity contribution in [2.24, 2.45) is 0 Å². The number of nitrogens with zero attached hydrogens (tertiary/aromatic N) is 2. The van der Waals surface area contributed by atoms with Crippen molar-refractivity contribution in [3.8, 4) is 6.07 Å². The van der Waals surface area contributed by atoms with Crippen molar-refractivity contribution >= 4 is 11.7 Å². The summed E-state index contributed by atoms with van der Waals surface area (Å²) in [6, 6.07) is 7.19. The summed E-state index contributed by atoms with van der Waals surface area (Å²) >= 11 is 0. The Labute approximate surface area is 147 Å². The maximum atomic E-state index is 11.6. The molecule has 1 fully saturated rings. The van der Waals surface area contributed by atoms with Gasteiger partial charge in [0.2, 0.25) is 0 Å². The lowest BCUT2D eigenvalue weighted by Crippen LogP contribution is -2.52. The smallest absolute Gasteiger partial charge is 0.339 e. The van der Waals surface area contributed by atoms with Crippen LogP contribution in [0.4, 0.5) is 5.69 Å². The number of benzene rings is 1. The summed E-state index contributed by atoms with van der Waals surface area (Å²) in [5, 5.41) is 17.8. The maximum Gasteiger partial charge on any atom is 0.339 e. The first kappa shape index (κ1) is 19.2. The first-order chi connectivity index (χ1) is 12.2. The highest BCUT2D eigenvalue weighted by molar-refractivity contribution is 5.92. The highest BCUT2D eigenvalue weighted by Crippen LogP contribution is 2.25. The summed E-state index contributed by atoms with van der Waals surface area (Å²) < 4.78 is 15.8. The number of rotatable bonds is 10. The van der Waals surface area contributed by atoms with Crippen molar-refractivity contribution in [3.63, 3.8) is 0 Å². The molecule has 1 aliphatic heterocycles. The van der Waals surface area contributed by atoms with E-state index >= 15 is 0 Å². The SMILES string of the molecule is COC(=O)c1ccc(N2CC(OCCCOCCCO)C2)cc1C#N. The van der Waals surface area contributed by atoms with Crippen molar-refractivity contribution in [3.05, 3.63) is 29.3 Å². The normalized spacial score (nSPS) is 14.0. The van der Waals surface area contributed by atoms with Gasteiger partial charge in [-0.25, -0.2) is 4.79 Å². The number of ether oxygens (including phenoxy) is 3. The van der Waals surface area contributed by atoms with E-state index in [9.17, 15) is 10.1 Å². The second-order valence-electron chi connectivity index (χ2n) is 5.77. The van der Waals surface area contributed by atoms with Crippen molar-refractivity contribution in [2.75, 3.05) is 51.5 Å². The molecule has 0 atom stereocenters. The van der Waals surface area contributed by atoms with Gasteiger partial charge in [-0.05, 0) is 31.0 Å². The van der Waals surface area contributed by atoms with Gasteiger partial charge in [0.25, 0.3) is 0 Å². The molecule has 1 aromatic carbocycles. The number of carbonyl (C=O) groups is 1. The van der Waals surface area contributed by atoms with Crippen LogP contribution in [0.5, 0.6) is 0 Å². The third-order valence-electron chi connectivity index (χ3n) is 3.98. The van der Waals surface area contributed by atoms with E-state index in [1.807, 2.05) is 12.1 Å². The van der Waals surface area contributed by atoms with Gasteiger partial charge in [-0.3, -0.25) is 0 Å². The number of esters is 1. The zero-order valence-corrected chi connectivity index (χ0v) is 14.4. The second kappa shape index (κ2) is 9.99. The third-order valence-corrected chi connectivity index (χ3v) is 3.98. The van der Waals surface area contributed by atoms with Gasteiger partial charge in [0.05, 0.1) is 24.3 Å². The molecule has 0 spiro atoms. The standard InChI is InChI=1S/C18H24N2O5/c1-23-18(22)17-5-4-15(10-14(17)11-19)20-12-16(13-20)25-9-3-8-24-7-2-6-21/h4-5,10,16,21H,2-3,6-9,12-13H2,1H3. The average molecular weight is 348 g/mol. The van der Waals surface area contributed by atoms with E-state index in [1.165, 1.54) is 7.11 Å². The van der Waals surface area contributed by atoms with Crippen LogP contribution in [-0.4, -0.2) is 63.8 Å². The Balaban J connectivity index is 1.72. The molecule has 7 heteroatoms. The predicted molar refractivity (Wildman–Crippen MR) is 91.6 cm³/mol. The molecule has 0 unspecified atom stereocenters. The minimum Gasteiger partial charge on any atom is -0.465 e. The number of nitriles is 1. The highest BCUT2D eigenvalue weighted by atomic mass is 16.5. The number of carbonyl (C=O) groups excluding carboxylic acids is 1. The van der Waals surface area contributed by atoms with Crippen LogP contribution in [0.2, 0.25) is 0 Å². The van der Waals surface area contributed by atoms with Crippen molar-refractivity contribution in [1.82, 2.24) is 0 Å². The number of methoxy groups -OCH3 is 1. The lowest BCUT2D eigenvalue weighted by Gasteiger charge is -2.40. The number of aliphatic hydroxyl groups excluding tert-OH is 1. The van der Waals surface area contributed by atoms with Crippen molar-refractivity contribution in [1.29, 1.82) is 5.26 Å². The van der Waals surface area contributed by atoms with Gasteiger partial charge in [0.15, 0.2) is 0 Å². The number of anilines is 1. The number of hydrogen-bond donors (Lipinski definition) is 1. The first-order valence-electron chi connectivity index (χ1n) is 8.37. The summed E-state index contributed by atoms with van der Waals surface area (Å²) in [6.07, 6.45) is 1.66. The summed E-state index contributed by atoms with van der Waals surface area (Å²) in [5.74, 6) is -0.505. The molecule has 1 aliphatic rings. The third kappa shape index (κ3) is 5.43. The fourth-order valence-corrected chi connectivity index (χ4v) is 2.54. The number of hydrogen-bond acceptors (Lipinski definition) is 7. The van der Waals surface area contributed by atoms with Crippen LogP contribution >= 0.6 is 0 Å². The summed E-state index contributed by atoms with van der Waals surface area (Å²) in [6.45, 7) is 3.53. The molecule has 0 bridgehead atoms. The molecule has 0 radical (unpaired) electrons. The molecule has 0 aromatic heterocycles. The Kier molecular flexibility index (Phi) is 7.67. The highest BCUT2D eigenvalue weighted by Gasteiger charge is 2.28. The monoisotopic (exact) mass is 348 g/mol. The predicted octanol–water partition coefficient (Wildman–Crippen LogP) is 1.34. The molecule has 2 rings (SSSR count). The molecule has 0 aliphatic carbocycles. The fraction of sp³-hybridized carbons (Fsp3) is 0.556. The van der Waals surface area contributed by atoms with E-state index in [-0.39, 0.29) is 18.3 Å². The van der Waals surface area contributed by atoms with E-state index < -0.39 is 5.97 Å². The molecule has 25 heavy (non-hydrogen) atoms. The van der Waals surface area contributed by atoms with Crippen molar-refractivity contribution in [2.45, 2.75) is 18.9 Å². The van der Waals surface area contributed by atoms with Gasteiger partial charge >= 0.3 is 5.97 Å². The van der Waals surface area contributed by atoms with Crippen LogP contribution in [0.1, 0.15) is 28.8 Å². The molecular weight excluding hydrogens is 324 g/mol. The first-order valence-corrected chi connectivity index (χ1v) is 8.37. The van der Waals surface area contributed by atoms with Gasteiger partial charge in [0.1, 0.15) is 6.07 Å². The Morgan fingerprint density at radius 1 is 1.32 bits per heavy atom.